The fourth-order valence-electron chi connectivity index (χ4n) is 0.303. The minimum atomic E-state index is -2.41. The van der Waals surface area contributed by atoms with Crippen LogP contribution in [0.15, 0.2) is 0 Å². The Labute approximate surface area is 46.3 Å². The van der Waals surface area contributed by atoms with Gasteiger partial charge in [0.05, 0.1) is 6.61 Å². The molecule has 0 rings (SSSR count). The van der Waals surface area contributed by atoms with E-state index >= 15 is 0 Å². The molecule has 0 saturated carbocycles. The van der Waals surface area contributed by atoms with Gasteiger partial charge in [0.1, 0.15) is 0 Å². The van der Waals surface area contributed by atoms with Crippen molar-refractivity contribution in [3.8, 4) is 0 Å². The first-order valence-electron chi connectivity index (χ1n) is 2.31. The van der Waals surface area contributed by atoms with Crippen molar-refractivity contribution in [3.05, 3.63) is 0 Å². The Morgan fingerprint density at radius 2 is 2.00 bits per heavy atom. The zero-order valence-corrected chi connectivity index (χ0v) is 4.35. The van der Waals surface area contributed by atoms with Crippen LogP contribution in [0, 0.1) is 0 Å². The lowest BCUT2D eigenvalue weighted by atomic mass is 10.2. The van der Waals surface area contributed by atoms with Crippen molar-refractivity contribution in [2.75, 3.05) is 6.61 Å². The highest BCUT2D eigenvalue weighted by atomic mass is 19.3. The largest absolute Gasteiger partial charge is 0.395 e. The number of aliphatic hydroxyl groups excluding tert-OH is 1. The summed E-state index contributed by atoms with van der Waals surface area (Å²) in [4.78, 5) is 0. The van der Waals surface area contributed by atoms with Crippen LogP contribution in [-0.2, 0) is 0 Å². The SMILES string of the molecule is N[C@H](CO)CC(F)F. The highest BCUT2D eigenvalue weighted by Gasteiger charge is 2.08. The third-order valence-corrected chi connectivity index (χ3v) is 0.715. The van der Waals surface area contributed by atoms with Gasteiger partial charge < -0.3 is 10.8 Å². The van der Waals surface area contributed by atoms with Crippen LogP contribution in [0.25, 0.3) is 0 Å². The van der Waals surface area contributed by atoms with E-state index in [0.29, 0.717) is 0 Å². The van der Waals surface area contributed by atoms with Gasteiger partial charge in [-0.2, -0.15) is 0 Å². The van der Waals surface area contributed by atoms with E-state index in [4.69, 9.17) is 10.8 Å². The molecule has 0 aliphatic rings. The van der Waals surface area contributed by atoms with E-state index in [-0.39, 0.29) is 6.61 Å². The summed E-state index contributed by atoms with van der Waals surface area (Å²) in [5.41, 5.74) is 4.94. The molecule has 0 unspecified atom stereocenters. The summed E-state index contributed by atoms with van der Waals surface area (Å²) in [7, 11) is 0. The van der Waals surface area contributed by atoms with Gasteiger partial charge in [-0.05, 0) is 0 Å². The second-order valence-corrected chi connectivity index (χ2v) is 1.57. The van der Waals surface area contributed by atoms with Gasteiger partial charge in [-0.1, -0.05) is 0 Å². The maximum absolute atomic E-state index is 11.3. The predicted molar refractivity (Wildman–Crippen MR) is 25.7 cm³/mol. The Balaban J connectivity index is 3.10. The summed E-state index contributed by atoms with van der Waals surface area (Å²) in [6.07, 6.45) is -2.83. The lowest BCUT2D eigenvalue weighted by Gasteiger charge is -2.04. The third kappa shape index (κ3) is 3.95. The summed E-state index contributed by atoms with van der Waals surface area (Å²) in [5.74, 6) is 0. The van der Waals surface area contributed by atoms with E-state index in [0.717, 1.165) is 0 Å². The highest BCUT2D eigenvalue weighted by molar-refractivity contribution is 4.58. The summed E-state index contributed by atoms with van der Waals surface area (Å²) in [6.45, 7) is -0.371. The molecule has 0 saturated heterocycles. The molecule has 0 fully saturated rings. The molecule has 0 aliphatic heterocycles. The van der Waals surface area contributed by atoms with Crippen LogP contribution in [0.3, 0.4) is 0 Å². The lowest BCUT2D eigenvalue weighted by molar-refractivity contribution is 0.114. The van der Waals surface area contributed by atoms with Crippen LogP contribution < -0.4 is 5.73 Å². The van der Waals surface area contributed by atoms with Gasteiger partial charge in [0.2, 0.25) is 6.43 Å². The van der Waals surface area contributed by atoms with Gasteiger partial charge in [0.25, 0.3) is 0 Å². The van der Waals surface area contributed by atoms with Crippen LogP contribution in [-0.4, -0.2) is 24.2 Å². The quantitative estimate of drug-likeness (QED) is 0.556. The predicted octanol–water partition coefficient (Wildman–Crippen LogP) is -0.0388. The molecule has 1 atom stereocenters. The molecule has 8 heavy (non-hydrogen) atoms. The maximum Gasteiger partial charge on any atom is 0.240 e. The first kappa shape index (κ1) is 7.78. The number of hydrogen-bond donors (Lipinski definition) is 2. The van der Waals surface area contributed by atoms with Crippen molar-refractivity contribution in [2.24, 2.45) is 5.73 Å². The van der Waals surface area contributed by atoms with Gasteiger partial charge in [-0.15, -0.1) is 0 Å². The molecule has 2 nitrogen and oxygen atoms in total. The Morgan fingerprint density at radius 1 is 1.50 bits per heavy atom. The number of aliphatic hydroxyl groups is 1. The Bertz CT molecular complexity index is 60.0. The van der Waals surface area contributed by atoms with E-state index < -0.39 is 18.9 Å². The van der Waals surface area contributed by atoms with Crippen LogP contribution >= 0.6 is 0 Å². The number of hydrogen-bond acceptors (Lipinski definition) is 2. The molecule has 0 spiro atoms. The number of nitrogens with two attached hydrogens (primary N) is 1. The van der Waals surface area contributed by atoms with Gasteiger partial charge in [0, 0.05) is 12.5 Å². The standard InChI is InChI=1S/C4H9F2NO/c5-4(6)1-3(7)2-8/h3-4,8H,1-2,7H2/t3-/m0/s1. The molecular weight excluding hydrogens is 116 g/mol. The van der Waals surface area contributed by atoms with Crippen LogP contribution in [0.4, 0.5) is 8.78 Å². The monoisotopic (exact) mass is 125 g/mol. The van der Waals surface area contributed by atoms with E-state index in [2.05, 4.69) is 0 Å². The normalized spacial score (nSPS) is 14.6. The number of halogens is 2. The zero-order valence-electron chi connectivity index (χ0n) is 4.35. The molecule has 0 bridgehead atoms. The molecule has 4 heteroatoms. The molecule has 0 aromatic rings. The molecule has 50 valence electrons. The molecule has 0 aromatic heterocycles. The Hall–Kier alpha value is -0.220. The second-order valence-electron chi connectivity index (χ2n) is 1.57. The van der Waals surface area contributed by atoms with Gasteiger partial charge in [0.15, 0.2) is 0 Å². The minimum absolute atomic E-state index is 0.371. The second kappa shape index (κ2) is 3.74. The minimum Gasteiger partial charge on any atom is -0.395 e. The maximum atomic E-state index is 11.3. The fourth-order valence-corrected chi connectivity index (χ4v) is 0.303. The lowest BCUT2D eigenvalue weighted by Crippen LogP contribution is -2.26. The summed E-state index contributed by atoms with van der Waals surface area (Å²) < 4.78 is 22.6. The van der Waals surface area contributed by atoms with Crippen molar-refractivity contribution in [2.45, 2.75) is 18.9 Å². The van der Waals surface area contributed by atoms with Crippen LogP contribution in [0.2, 0.25) is 0 Å². The fraction of sp³-hybridized carbons (Fsp3) is 1.00. The van der Waals surface area contributed by atoms with E-state index in [1.807, 2.05) is 0 Å². The number of alkyl halides is 2. The summed E-state index contributed by atoms with van der Waals surface area (Å²) >= 11 is 0. The van der Waals surface area contributed by atoms with Crippen molar-refractivity contribution < 1.29 is 13.9 Å². The number of rotatable bonds is 3. The average molecular weight is 125 g/mol. The first-order chi connectivity index (χ1) is 3.66. The van der Waals surface area contributed by atoms with E-state index in [9.17, 15) is 8.78 Å². The first-order valence-corrected chi connectivity index (χ1v) is 2.31. The Kier molecular flexibility index (Phi) is 3.64. The molecule has 0 heterocycles. The zero-order chi connectivity index (χ0) is 6.57. The Morgan fingerprint density at radius 3 is 2.12 bits per heavy atom. The van der Waals surface area contributed by atoms with Crippen LogP contribution in [0.5, 0.6) is 0 Å². The molecule has 0 radical (unpaired) electrons. The average Bonchev–Trinajstić information content (AvgIpc) is 1.65. The highest BCUT2D eigenvalue weighted by Crippen LogP contribution is 2.00. The topological polar surface area (TPSA) is 46.2 Å². The summed E-state index contributed by atoms with van der Waals surface area (Å²) in [6, 6.07) is -0.769. The van der Waals surface area contributed by atoms with Crippen molar-refractivity contribution in [1.82, 2.24) is 0 Å². The molecular formula is C4H9F2NO. The van der Waals surface area contributed by atoms with Crippen molar-refractivity contribution >= 4 is 0 Å². The molecule has 0 aromatic carbocycles. The van der Waals surface area contributed by atoms with Crippen LogP contribution in [0.1, 0.15) is 6.42 Å². The van der Waals surface area contributed by atoms with Gasteiger partial charge in [-0.25, -0.2) is 8.78 Å². The van der Waals surface area contributed by atoms with Crippen molar-refractivity contribution in [1.29, 1.82) is 0 Å². The van der Waals surface area contributed by atoms with Gasteiger partial charge in [-0.3, -0.25) is 0 Å². The molecule has 3 N–H and O–H groups in total. The van der Waals surface area contributed by atoms with Crippen molar-refractivity contribution in [3.63, 3.8) is 0 Å². The van der Waals surface area contributed by atoms with E-state index in [1.165, 1.54) is 0 Å². The smallest absolute Gasteiger partial charge is 0.240 e. The molecule has 0 aliphatic carbocycles. The summed E-state index contributed by atoms with van der Waals surface area (Å²) in [5, 5.41) is 8.13. The third-order valence-electron chi connectivity index (χ3n) is 0.715. The molecule has 0 amide bonds. The van der Waals surface area contributed by atoms with E-state index in [1.54, 1.807) is 0 Å². The van der Waals surface area contributed by atoms with Gasteiger partial charge >= 0.3 is 0 Å².